The van der Waals surface area contributed by atoms with E-state index >= 15 is 0 Å². The number of methoxy groups -OCH3 is 3. The second kappa shape index (κ2) is 6.46. The van der Waals surface area contributed by atoms with Crippen molar-refractivity contribution in [3.05, 3.63) is 22.1 Å². The van der Waals surface area contributed by atoms with Crippen molar-refractivity contribution in [3.8, 4) is 0 Å². The first-order valence-corrected chi connectivity index (χ1v) is 7.13. The summed E-state index contributed by atoms with van der Waals surface area (Å²) in [5.74, 6) is -2.89. The SMILES string of the molecule is COC(=O)C1=C[C@@H](N=[N+]=[N-])[C@H]2O[C@](C)(OC)[C@@](C)(OC)O[C@@H]2C1. The van der Waals surface area contributed by atoms with Gasteiger partial charge >= 0.3 is 5.97 Å². The molecule has 0 spiro atoms. The molecular formula is C14H21N3O6. The lowest BCUT2D eigenvalue weighted by atomic mass is 9.88. The molecule has 0 aromatic rings. The quantitative estimate of drug-likeness (QED) is 0.336. The zero-order valence-electron chi connectivity index (χ0n) is 13.8. The van der Waals surface area contributed by atoms with E-state index in [1.807, 2.05) is 0 Å². The second-order valence-corrected chi connectivity index (χ2v) is 5.62. The van der Waals surface area contributed by atoms with E-state index in [4.69, 9.17) is 29.2 Å². The van der Waals surface area contributed by atoms with Gasteiger partial charge in [0.05, 0.1) is 25.4 Å². The maximum absolute atomic E-state index is 11.8. The Bertz CT molecular complexity index is 561. The summed E-state index contributed by atoms with van der Waals surface area (Å²) in [4.78, 5) is 14.6. The Labute approximate surface area is 134 Å². The van der Waals surface area contributed by atoms with Gasteiger partial charge in [0.2, 0.25) is 11.6 Å². The number of ether oxygens (including phenoxy) is 5. The molecule has 2 aliphatic rings. The number of azide groups is 1. The number of nitrogens with zero attached hydrogens (tertiary/aromatic N) is 3. The summed E-state index contributed by atoms with van der Waals surface area (Å²) in [6.07, 6.45) is 0.653. The number of hydrogen-bond acceptors (Lipinski definition) is 7. The maximum Gasteiger partial charge on any atom is 0.333 e. The lowest BCUT2D eigenvalue weighted by Crippen LogP contribution is -2.67. The van der Waals surface area contributed by atoms with E-state index in [1.165, 1.54) is 21.3 Å². The number of carbonyl (C=O) groups excluding carboxylic acids is 1. The van der Waals surface area contributed by atoms with Crippen molar-refractivity contribution in [2.75, 3.05) is 21.3 Å². The number of hydrogen-bond donors (Lipinski definition) is 0. The molecule has 0 N–H and O–H groups in total. The Balaban J connectivity index is 2.41. The molecule has 9 nitrogen and oxygen atoms in total. The summed E-state index contributed by atoms with van der Waals surface area (Å²) in [6, 6.07) is -0.719. The van der Waals surface area contributed by atoms with Crippen LogP contribution in [-0.2, 0) is 28.5 Å². The van der Waals surface area contributed by atoms with E-state index in [9.17, 15) is 4.79 Å². The van der Waals surface area contributed by atoms with Gasteiger partial charge in [0.15, 0.2) is 0 Å². The van der Waals surface area contributed by atoms with E-state index < -0.39 is 35.8 Å². The molecule has 0 unspecified atom stereocenters. The molecule has 0 saturated carbocycles. The number of esters is 1. The summed E-state index contributed by atoms with van der Waals surface area (Å²) in [5.41, 5.74) is 9.16. The first kappa shape index (κ1) is 17.7. The normalized spacial score (nSPS) is 39.7. The molecule has 128 valence electrons. The Morgan fingerprint density at radius 1 is 1.30 bits per heavy atom. The van der Waals surface area contributed by atoms with Gasteiger partial charge in [0, 0.05) is 31.1 Å². The molecule has 0 bridgehead atoms. The highest BCUT2D eigenvalue weighted by Crippen LogP contribution is 2.43. The van der Waals surface area contributed by atoms with Crippen LogP contribution in [0.2, 0.25) is 0 Å². The monoisotopic (exact) mass is 327 g/mol. The first-order chi connectivity index (χ1) is 10.8. The zero-order valence-corrected chi connectivity index (χ0v) is 13.8. The van der Waals surface area contributed by atoms with Crippen LogP contribution in [0.25, 0.3) is 10.4 Å². The summed E-state index contributed by atoms with van der Waals surface area (Å²) in [6.45, 7) is 3.37. The van der Waals surface area contributed by atoms with Gasteiger partial charge < -0.3 is 23.7 Å². The van der Waals surface area contributed by atoms with Crippen LogP contribution in [0.4, 0.5) is 0 Å². The molecule has 23 heavy (non-hydrogen) atoms. The standard InChI is InChI=1S/C14H21N3O6/c1-13(20-4)14(2,21-5)23-11-9(16-17-15)6-8(12(18)19-3)7-10(11)22-13/h6,9-11H,7H2,1-5H3/t9-,10-,11-,13+,14+/m1/s1. The van der Waals surface area contributed by atoms with Crippen molar-refractivity contribution < 1.29 is 28.5 Å². The van der Waals surface area contributed by atoms with Crippen LogP contribution in [0.3, 0.4) is 0 Å². The number of rotatable bonds is 4. The van der Waals surface area contributed by atoms with Crippen molar-refractivity contribution in [1.82, 2.24) is 0 Å². The molecule has 0 radical (unpaired) electrons. The smallest absolute Gasteiger partial charge is 0.333 e. The number of fused-ring (bicyclic) bond motifs is 1. The van der Waals surface area contributed by atoms with Crippen molar-refractivity contribution in [1.29, 1.82) is 0 Å². The fourth-order valence-electron chi connectivity index (χ4n) is 2.85. The van der Waals surface area contributed by atoms with Gasteiger partial charge in [-0.1, -0.05) is 11.2 Å². The predicted octanol–water partition coefficient (Wildman–Crippen LogP) is 1.68. The zero-order chi connectivity index (χ0) is 17.3. The summed E-state index contributed by atoms with van der Waals surface area (Å²) in [7, 11) is 4.24. The van der Waals surface area contributed by atoms with E-state index in [2.05, 4.69) is 10.0 Å². The highest BCUT2D eigenvalue weighted by Gasteiger charge is 2.58. The first-order valence-electron chi connectivity index (χ1n) is 7.13. The molecule has 0 amide bonds. The van der Waals surface area contributed by atoms with Crippen LogP contribution in [0.1, 0.15) is 20.3 Å². The van der Waals surface area contributed by atoms with E-state index in [-0.39, 0.29) is 6.42 Å². The maximum atomic E-state index is 11.8. The van der Waals surface area contributed by atoms with Crippen LogP contribution >= 0.6 is 0 Å². The Hall–Kier alpha value is -1.64. The van der Waals surface area contributed by atoms with Gasteiger partial charge in [-0.2, -0.15) is 0 Å². The minimum Gasteiger partial charge on any atom is -0.466 e. The largest absolute Gasteiger partial charge is 0.466 e. The third-order valence-corrected chi connectivity index (χ3v) is 4.47. The molecule has 1 heterocycles. The van der Waals surface area contributed by atoms with Crippen molar-refractivity contribution in [3.63, 3.8) is 0 Å². The van der Waals surface area contributed by atoms with E-state index in [0.29, 0.717) is 5.57 Å². The average Bonchev–Trinajstić information content (AvgIpc) is 2.55. The fourth-order valence-corrected chi connectivity index (χ4v) is 2.85. The van der Waals surface area contributed by atoms with Crippen LogP contribution in [0.15, 0.2) is 16.8 Å². The van der Waals surface area contributed by atoms with E-state index in [0.717, 1.165) is 0 Å². The third kappa shape index (κ3) is 2.93. The van der Waals surface area contributed by atoms with Crippen LogP contribution in [0, 0.1) is 0 Å². The lowest BCUT2D eigenvalue weighted by molar-refractivity contribution is -0.449. The Morgan fingerprint density at radius 3 is 2.43 bits per heavy atom. The molecule has 1 fully saturated rings. The summed E-state index contributed by atoms with van der Waals surface area (Å²) >= 11 is 0. The molecular weight excluding hydrogens is 306 g/mol. The molecule has 0 aromatic carbocycles. The molecule has 1 saturated heterocycles. The molecule has 0 aromatic heterocycles. The molecule has 2 rings (SSSR count). The molecule has 5 atom stereocenters. The van der Waals surface area contributed by atoms with Gasteiger partial charge in [-0.25, -0.2) is 4.79 Å². The summed E-state index contributed by atoms with van der Waals surface area (Å²) in [5, 5.41) is 3.70. The minimum absolute atomic E-state index is 0.257. The van der Waals surface area contributed by atoms with Gasteiger partial charge in [-0.3, -0.25) is 0 Å². The Morgan fingerprint density at radius 2 is 1.91 bits per heavy atom. The van der Waals surface area contributed by atoms with Crippen LogP contribution in [0.5, 0.6) is 0 Å². The minimum atomic E-state index is -1.21. The van der Waals surface area contributed by atoms with Crippen LogP contribution < -0.4 is 0 Å². The molecule has 1 aliphatic carbocycles. The molecule has 9 heteroatoms. The van der Waals surface area contributed by atoms with Gasteiger partial charge in [-0.05, 0) is 19.4 Å². The second-order valence-electron chi connectivity index (χ2n) is 5.62. The fraction of sp³-hybridized carbons (Fsp3) is 0.786. The summed E-state index contributed by atoms with van der Waals surface area (Å²) < 4.78 is 27.7. The van der Waals surface area contributed by atoms with Gasteiger partial charge in [0.25, 0.3) is 0 Å². The van der Waals surface area contributed by atoms with Gasteiger partial charge in [0.1, 0.15) is 0 Å². The highest BCUT2D eigenvalue weighted by atomic mass is 16.8. The van der Waals surface area contributed by atoms with Crippen molar-refractivity contribution >= 4 is 5.97 Å². The van der Waals surface area contributed by atoms with Crippen molar-refractivity contribution in [2.45, 2.75) is 50.1 Å². The lowest BCUT2D eigenvalue weighted by Gasteiger charge is -2.53. The van der Waals surface area contributed by atoms with Crippen molar-refractivity contribution in [2.24, 2.45) is 5.11 Å². The molecule has 1 aliphatic heterocycles. The van der Waals surface area contributed by atoms with Crippen LogP contribution in [-0.4, -0.2) is 57.1 Å². The third-order valence-electron chi connectivity index (χ3n) is 4.47. The van der Waals surface area contributed by atoms with E-state index in [1.54, 1.807) is 19.9 Å². The highest BCUT2D eigenvalue weighted by molar-refractivity contribution is 5.88. The topological polar surface area (TPSA) is 112 Å². The Kier molecular flexibility index (Phi) is 4.98. The number of carbonyl (C=O) groups is 1. The van der Waals surface area contributed by atoms with Gasteiger partial charge in [-0.15, -0.1) is 0 Å². The predicted molar refractivity (Wildman–Crippen MR) is 78.2 cm³/mol. The average molecular weight is 327 g/mol.